The SMILES string of the molecule is COc1ccc(C(C)(N)c2cccc(C)c2)c(F)c1. The molecule has 1 atom stereocenters. The van der Waals surface area contributed by atoms with E-state index in [9.17, 15) is 4.39 Å². The van der Waals surface area contributed by atoms with Gasteiger partial charge in [-0.2, -0.15) is 0 Å². The second-order valence-corrected chi connectivity index (χ2v) is 4.92. The molecule has 2 aromatic rings. The summed E-state index contributed by atoms with van der Waals surface area (Å²) >= 11 is 0. The predicted molar refractivity (Wildman–Crippen MR) is 74.8 cm³/mol. The van der Waals surface area contributed by atoms with E-state index in [-0.39, 0.29) is 5.82 Å². The van der Waals surface area contributed by atoms with Crippen LogP contribution in [0.2, 0.25) is 0 Å². The average Bonchev–Trinajstić information content (AvgIpc) is 2.38. The van der Waals surface area contributed by atoms with Crippen molar-refractivity contribution in [2.24, 2.45) is 5.73 Å². The highest BCUT2D eigenvalue weighted by Crippen LogP contribution is 2.30. The summed E-state index contributed by atoms with van der Waals surface area (Å²) in [7, 11) is 1.51. The first-order valence-electron chi connectivity index (χ1n) is 6.15. The first-order valence-corrected chi connectivity index (χ1v) is 6.15. The number of benzene rings is 2. The summed E-state index contributed by atoms with van der Waals surface area (Å²) in [5, 5.41) is 0. The number of hydrogen-bond acceptors (Lipinski definition) is 2. The molecule has 0 saturated heterocycles. The Hall–Kier alpha value is -1.87. The van der Waals surface area contributed by atoms with E-state index >= 15 is 0 Å². The molecule has 0 aliphatic carbocycles. The van der Waals surface area contributed by atoms with Gasteiger partial charge in [-0.05, 0) is 25.5 Å². The molecule has 2 N–H and O–H groups in total. The van der Waals surface area contributed by atoms with Gasteiger partial charge in [0.15, 0.2) is 0 Å². The Morgan fingerprint density at radius 1 is 1.16 bits per heavy atom. The van der Waals surface area contributed by atoms with Gasteiger partial charge in [0.1, 0.15) is 11.6 Å². The zero-order valence-electron chi connectivity index (χ0n) is 11.4. The fraction of sp³-hybridized carbons (Fsp3) is 0.250. The van der Waals surface area contributed by atoms with Gasteiger partial charge in [-0.25, -0.2) is 4.39 Å². The molecule has 0 fully saturated rings. The fourth-order valence-corrected chi connectivity index (χ4v) is 2.17. The van der Waals surface area contributed by atoms with E-state index in [1.165, 1.54) is 13.2 Å². The van der Waals surface area contributed by atoms with Crippen molar-refractivity contribution in [2.45, 2.75) is 19.4 Å². The molecule has 3 heteroatoms. The molecule has 0 saturated carbocycles. The summed E-state index contributed by atoms with van der Waals surface area (Å²) in [5.74, 6) is 0.132. The maximum atomic E-state index is 14.2. The van der Waals surface area contributed by atoms with E-state index < -0.39 is 5.54 Å². The molecule has 0 aliphatic rings. The van der Waals surface area contributed by atoms with E-state index in [1.807, 2.05) is 38.1 Å². The molecule has 2 rings (SSSR count). The van der Waals surface area contributed by atoms with Gasteiger partial charge in [-0.1, -0.05) is 35.9 Å². The molecule has 0 aliphatic heterocycles. The van der Waals surface area contributed by atoms with Gasteiger partial charge in [0.2, 0.25) is 0 Å². The van der Waals surface area contributed by atoms with Gasteiger partial charge in [-0.15, -0.1) is 0 Å². The maximum absolute atomic E-state index is 14.2. The van der Waals surface area contributed by atoms with Crippen LogP contribution < -0.4 is 10.5 Å². The Bertz CT molecular complexity index is 593. The summed E-state index contributed by atoms with van der Waals surface area (Å²) < 4.78 is 19.2. The lowest BCUT2D eigenvalue weighted by atomic mass is 9.84. The number of aryl methyl sites for hydroxylation is 1. The van der Waals surface area contributed by atoms with Crippen LogP contribution in [0.5, 0.6) is 5.75 Å². The van der Waals surface area contributed by atoms with Crippen molar-refractivity contribution < 1.29 is 9.13 Å². The summed E-state index contributed by atoms with van der Waals surface area (Å²) in [6.45, 7) is 3.80. The van der Waals surface area contributed by atoms with Gasteiger partial charge >= 0.3 is 0 Å². The van der Waals surface area contributed by atoms with Crippen LogP contribution in [-0.2, 0) is 5.54 Å². The monoisotopic (exact) mass is 259 g/mol. The van der Waals surface area contributed by atoms with Crippen molar-refractivity contribution in [1.29, 1.82) is 0 Å². The third-order valence-corrected chi connectivity index (χ3v) is 3.35. The lowest BCUT2D eigenvalue weighted by Crippen LogP contribution is -2.35. The van der Waals surface area contributed by atoms with E-state index in [0.29, 0.717) is 11.3 Å². The summed E-state index contributed by atoms with van der Waals surface area (Å²) in [6.07, 6.45) is 0. The smallest absolute Gasteiger partial charge is 0.132 e. The normalized spacial score (nSPS) is 13.9. The van der Waals surface area contributed by atoms with Gasteiger partial charge in [0, 0.05) is 11.6 Å². The van der Waals surface area contributed by atoms with Crippen molar-refractivity contribution in [3.8, 4) is 5.75 Å². The van der Waals surface area contributed by atoms with Crippen molar-refractivity contribution in [2.75, 3.05) is 7.11 Å². The Kier molecular flexibility index (Phi) is 3.58. The highest BCUT2D eigenvalue weighted by Gasteiger charge is 2.27. The Morgan fingerprint density at radius 3 is 2.47 bits per heavy atom. The second kappa shape index (κ2) is 5.02. The highest BCUT2D eigenvalue weighted by atomic mass is 19.1. The van der Waals surface area contributed by atoms with Crippen molar-refractivity contribution in [3.05, 3.63) is 65.0 Å². The van der Waals surface area contributed by atoms with Gasteiger partial charge in [0.25, 0.3) is 0 Å². The third kappa shape index (κ3) is 2.61. The zero-order valence-corrected chi connectivity index (χ0v) is 11.4. The number of halogens is 1. The Balaban J connectivity index is 2.50. The number of nitrogens with two attached hydrogens (primary N) is 1. The van der Waals surface area contributed by atoms with E-state index in [0.717, 1.165) is 11.1 Å². The van der Waals surface area contributed by atoms with Gasteiger partial charge in [0.05, 0.1) is 12.6 Å². The fourth-order valence-electron chi connectivity index (χ4n) is 2.17. The average molecular weight is 259 g/mol. The Labute approximate surface area is 113 Å². The van der Waals surface area contributed by atoms with Crippen LogP contribution in [0.25, 0.3) is 0 Å². The predicted octanol–water partition coefficient (Wildman–Crippen LogP) is 3.36. The standard InChI is InChI=1S/C16H18FNO/c1-11-5-4-6-12(9-11)16(2,18)14-8-7-13(19-3)10-15(14)17/h4-10H,18H2,1-3H3. The summed E-state index contributed by atoms with van der Waals surface area (Å²) in [5.41, 5.74) is 7.91. The topological polar surface area (TPSA) is 35.2 Å². The minimum Gasteiger partial charge on any atom is -0.497 e. The molecular formula is C16H18FNO. The number of ether oxygens (including phenoxy) is 1. The van der Waals surface area contributed by atoms with E-state index in [1.54, 1.807) is 12.1 Å². The molecular weight excluding hydrogens is 241 g/mol. The van der Waals surface area contributed by atoms with Gasteiger partial charge in [-0.3, -0.25) is 0 Å². The largest absolute Gasteiger partial charge is 0.497 e. The lowest BCUT2D eigenvalue weighted by molar-refractivity contribution is 0.409. The molecule has 0 bridgehead atoms. The zero-order chi connectivity index (χ0) is 14.0. The lowest BCUT2D eigenvalue weighted by Gasteiger charge is -2.27. The van der Waals surface area contributed by atoms with E-state index in [2.05, 4.69) is 0 Å². The molecule has 0 heterocycles. The highest BCUT2D eigenvalue weighted by molar-refractivity contribution is 5.41. The molecule has 0 amide bonds. The molecule has 2 aromatic carbocycles. The summed E-state index contributed by atoms with van der Waals surface area (Å²) in [6, 6.07) is 12.6. The molecule has 19 heavy (non-hydrogen) atoms. The molecule has 0 radical (unpaired) electrons. The van der Waals surface area contributed by atoms with Crippen molar-refractivity contribution in [1.82, 2.24) is 0 Å². The van der Waals surface area contributed by atoms with E-state index in [4.69, 9.17) is 10.5 Å². The molecule has 100 valence electrons. The number of hydrogen-bond donors (Lipinski definition) is 1. The van der Waals surface area contributed by atoms with Crippen LogP contribution in [0.3, 0.4) is 0 Å². The third-order valence-electron chi connectivity index (χ3n) is 3.35. The van der Waals surface area contributed by atoms with Crippen LogP contribution in [-0.4, -0.2) is 7.11 Å². The van der Waals surface area contributed by atoms with Crippen LogP contribution in [0.4, 0.5) is 4.39 Å². The van der Waals surface area contributed by atoms with Gasteiger partial charge < -0.3 is 10.5 Å². The number of rotatable bonds is 3. The van der Waals surface area contributed by atoms with Crippen molar-refractivity contribution in [3.63, 3.8) is 0 Å². The second-order valence-electron chi connectivity index (χ2n) is 4.92. The first-order chi connectivity index (χ1) is 8.95. The minimum absolute atomic E-state index is 0.356. The Morgan fingerprint density at radius 2 is 1.89 bits per heavy atom. The molecule has 1 unspecified atom stereocenters. The molecule has 0 aromatic heterocycles. The summed E-state index contributed by atoms with van der Waals surface area (Å²) in [4.78, 5) is 0. The minimum atomic E-state index is -0.873. The van der Waals surface area contributed by atoms with Crippen LogP contribution in [0.1, 0.15) is 23.6 Å². The van der Waals surface area contributed by atoms with Crippen LogP contribution >= 0.6 is 0 Å². The van der Waals surface area contributed by atoms with Crippen LogP contribution in [0.15, 0.2) is 42.5 Å². The number of methoxy groups -OCH3 is 1. The molecule has 2 nitrogen and oxygen atoms in total. The first kappa shape index (κ1) is 13.6. The van der Waals surface area contributed by atoms with Crippen molar-refractivity contribution >= 4 is 0 Å². The maximum Gasteiger partial charge on any atom is 0.132 e. The quantitative estimate of drug-likeness (QED) is 0.917. The molecule has 0 spiro atoms. The van der Waals surface area contributed by atoms with Crippen LogP contribution in [0, 0.1) is 12.7 Å².